The molecule has 0 aromatic rings. The van der Waals surface area contributed by atoms with E-state index in [1.807, 2.05) is 0 Å². The van der Waals surface area contributed by atoms with E-state index in [2.05, 4.69) is 20.8 Å². The standard InChI is InChI=1S/C22H32O5/c1-12(23)25-19-17(13-10-16(24)26-18(13)27-19)21(4)9-6-14-20(2,3)7-5-8-22(14)11-15(21)22/h13-15,17-19H,5-11H2,1-4H3/t13-,14-,15+,17+,18+,19+,21-,22-/m1/s1. The molecular weight excluding hydrogens is 344 g/mol. The van der Waals surface area contributed by atoms with Crippen LogP contribution >= 0.6 is 0 Å². The number of fused-ring (bicyclic) bond motifs is 1. The van der Waals surface area contributed by atoms with Crippen LogP contribution in [0.4, 0.5) is 0 Å². The van der Waals surface area contributed by atoms with Crippen molar-refractivity contribution in [3.05, 3.63) is 0 Å². The number of rotatable bonds is 2. The summed E-state index contributed by atoms with van der Waals surface area (Å²) in [6.07, 6.45) is 6.88. The molecule has 5 fully saturated rings. The van der Waals surface area contributed by atoms with E-state index in [9.17, 15) is 9.59 Å². The Morgan fingerprint density at radius 3 is 2.67 bits per heavy atom. The van der Waals surface area contributed by atoms with Gasteiger partial charge in [0.15, 0.2) is 0 Å². The third-order valence-corrected chi connectivity index (χ3v) is 9.05. The van der Waals surface area contributed by atoms with Gasteiger partial charge < -0.3 is 14.2 Å². The van der Waals surface area contributed by atoms with Crippen LogP contribution in [-0.4, -0.2) is 24.5 Å². The molecule has 27 heavy (non-hydrogen) atoms. The molecule has 0 N–H and O–H groups in total. The molecule has 5 aliphatic rings. The highest BCUT2D eigenvalue weighted by molar-refractivity contribution is 5.72. The van der Waals surface area contributed by atoms with Crippen LogP contribution in [-0.2, 0) is 23.8 Å². The Labute approximate surface area is 161 Å². The fourth-order valence-corrected chi connectivity index (χ4v) is 8.04. The molecule has 0 bridgehead atoms. The second-order valence-corrected chi connectivity index (χ2v) is 10.8. The molecule has 8 atom stereocenters. The number of carbonyl (C=O) groups is 2. The van der Waals surface area contributed by atoms with Crippen molar-refractivity contribution in [3.8, 4) is 0 Å². The SMILES string of the molecule is CC(=O)O[C@H]1O[C@@H]2OC(=O)C[C@@H]2[C@@H]1[C@]1(C)CC[C@@H]2C(C)(C)CCC[C@@]23C[C@@H]13. The zero-order valence-corrected chi connectivity index (χ0v) is 17.0. The first-order valence-electron chi connectivity index (χ1n) is 10.7. The van der Waals surface area contributed by atoms with Gasteiger partial charge in [-0.3, -0.25) is 9.59 Å². The Kier molecular flexibility index (Phi) is 3.65. The summed E-state index contributed by atoms with van der Waals surface area (Å²) < 4.78 is 17.0. The van der Waals surface area contributed by atoms with E-state index >= 15 is 0 Å². The molecule has 3 saturated carbocycles. The van der Waals surface area contributed by atoms with Crippen LogP contribution in [0.25, 0.3) is 0 Å². The van der Waals surface area contributed by atoms with Crippen LogP contribution in [0.3, 0.4) is 0 Å². The van der Waals surface area contributed by atoms with Crippen molar-refractivity contribution in [2.45, 2.75) is 85.2 Å². The van der Waals surface area contributed by atoms with Crippen molar-refractivity contribution in [2.75, 3.05) is 0 Å². The van der Waals surface area contributed by atoms with Gasteiger partial charge in [-0.2, -0.15) is 0 Å². The van der Waals surface area contributed by atoms with Crippen LogP contribution in [0.1, 0.15) is 72.6 Å². The maximum absolute atomic E-state index is 11.9. The highest BCUT2D eigenvalue weighted by atomic mass is 16.8. The molecule has 2 aliphatic heterocycles. The van der Waals surface area contributed by atoms with Crippen LogP contribution < -0.4 is 0 Å². The van der Waals surface area contributed by atoms with Gasteiger partial charge in [-0.1, -0.05) is 27.2 Å². The minimum Gasteiger partial charge on any atom is -0.435 e. The summed E-state index contributed by atoms with van der Waals surface area (Å²) in [5.41, 5.74) is 0.916. The van der Waals surface area contributed by atoms with Crippen molar-refractivity contribution >= 4 is 11.9 Å². The predicted molar refractivity (Wildman–Crippen MR) is 97.1 cm³/mol. The minimum atomic E-state index is -0.582. The van der Waals surface area contributed by atoms with Crippen molar-refractivity contribution in [2.24, 2.45) is 39.9 Å². The topological polar surface area (TPSA) is 61.8 Å². The molecule has 0 amide bonds. The summed E-state index contributed by atoms with van der Waals surface area (Å²) in [6, 6.07) is 0. The van der Waals surface area contributed by atoms with Gasteiger partial charge in [0, 0.05) is 18.8 Å². The van der Waals surface area contributed by atoms with Gasteiger partial charge in [0.05, 0.1) is 6.42 Å². The average Bonchev–Trinajstić information content (AvgIpc) is 3.05. The molecule has 2 heterocycles. The first kappa shape index (κ1) is 18.0. The van der Waals surface area contributed by atoms with E-state index in [1.165, 1.54) is 39.0 Å². The zero-order valence-electron chi connectivity index (χ0n) is 17.0. The van der Waals surface area contributed by atoms with Gasteiger partial charge >= 0.3 is 11.9 Å². The molecule has 5 nitrogen and oxygen atoms in total. The molecule has 2 saturated heterocycles. The van der Waals surface area contributed by atoms with Gasteiger partial charge in [0.1, 0.15) is 0 Å². The molecule has 1 spiro atoms. The van der Waals surface area contributed by atoms with E-state index in [1.54, 1.807) is 0 Å². The highest BCUT2D eigenvalue weighted by Crippen LogP contribution is 2.79. The first-order chi connectivity index (χ1) is 12.7. The molecule has 0 aromatic heterocycles. The number of esters is 2. The lowest BCUT2D eigenvalue weighted by molar-refractivity contribution is -0.216. The van der Waals surface area contributed by atoms with Crippen LogP contribution in [0.2, 0.25) is 0 Å². The van der Waals surface area contributed by atoms with Crippen LogP contribution in [0.15, 0.2) is 0 Å². The molecule has 5 rings (SSSR count). The lowest BCUT2D eigenvalue weighted by Crippen LogP contribution is -2.49. The molecule has 0 radical (unpaired) electrons. The van der Waals surface area contributed by atoms with Crippen LogP contribution in [0, 0.1) is 39.9 Å². The Morgan fingerprint density at radius 1 is 1.15 bits per heavy atom. The number of carbonyl (C=O) groups excluding carboxylic acids is 2. The average molecular weight is 376 g/mol. The monoisotopic (exact) mass is 376 g/mol. The van der Waals surface area contributed by atoms with E-state index < -0.39 is 12.6 Å². The first-order valence-corrected chi connectivity index (χ1v) is 10.7. The number of ether oxygens (including phenoxy) is 3. The van der Waals surface area contributed by atoms with Crippen molar-refractivity contribution in [3.63, 3.8) is 0 Å². The predicted octanol–water partition coefficient (Wildman–Crippen LogP) is 4.04. The summed E-state index contributed by atoms with van der Waals surface area (Å²) in [4.78, 5) is 23.6. The fraction of sp³-hybridized carbons (Fsp3) is 0.909. The summed E-state index contributed by atoms with van der Waals surface area (Å²) in [5.74, 6) is 0.995. The number of hydrogen-bond acceptors (Lipinski definition) is 5. The van der Waals surface area contributed by atoms with Gasteiger partial charge in [0.25, 0.3) is 0 Å². The van der Waals surface area contributed by atoms with Crippen molar-refractivity contribution in [1.29, 1.82) is 0 Å². The summed E-state index contributed by atoms with van der Waals surface area (Å²) in [6.45, 7) is 8.72. The summed E-state index contributed by atoms with van der Waals surface area (Å²) in [7, 11) is 0. The molecule has 0 aromatic carbocycles. The van der Waals surface area contributed by atoms with E-state index in [0.29, 0.717) is 23.2 Å². The van der Waals surface area contributed by atoms with Crippen molar-refractivity contribution in [1.82, 2.24) is 0 Å². The van der Waals surface area contributed by atoms with Gasteiger partial charge in [-0.25, -0.2) is 0 Å². The number of hydrogen-bond donors (Lipinski definition) is 0. The van der Waals surface area contributed by atoms with Crippen molar-refractivity contribution < 1.29 is 23.8 Å². The molecule has 3 aliphatic carbocycles. The third-order valence-electron chi connectivity index (χ3n) is 9.05. The molecule has 5 heteroatoms. The fourth-order valence-electron chi connectivity index (χ4n) is 8.04. The summed E-state index contributed by atoms with van der Waals surface area (Å²) >= 11 is 0. The second kappa shape index (κ2) is 5.49. The zero-order chi connectivity index (χ0) is 19.2. The molecule has 0 unspecified atom stereocenters. The molecular formula is C22H32O5. The van der Waals surface area contributed by atoms with E-state index in [-0.39, 0.29) is 29.2 Å². The lowest BCUT2D eigenvalue weighted by Gasteiger charge is -2.54. The molecule has 150 valence electrons. The van der Waals surface area contributed by atoms with Gasteiger partial charge in [-0.15, -0.1) is 0 Å². The van der Waals surface area contributed by atoms with E-state index in [0.717, 1.165) is 12.3 Å². The highest BCUT2D eigenvalue weighted by Gasteiger charge is 2.74. The Balaban J connectivity index is 1.47. The van der Waals surface area contributed by atoms with Gasteiger partial charge in [0.2, 0.25) is 12.6 Å². The van der Waals surface area contributed by atoms with Crippen LogP contribution in [0.5, 0.6) is 0 Å². The minimum absolute atomic E-state index is 0.0117. The second-order valence-electron chi connectivity index (χ2n) is 10.8. The Morgan fingerprint density at radius 2 is 1.93 bits per heavy atom. The lowest BCUT2D eigenvalue weighted by atomic mass is 9.51. The largest absolute Gasteiger partial charge is 0.435 e. The van der Waals surface area contributed by atoms with E-state index in [4.69, 9.17) is 14.2 Å². The smallest absolute Gasteiger partial charge is 0.308 e. The quantitative estimate of drug-likeness (QED) is 0.681. The Bertz CT molecular complexity index is 686. The Hall–Kier alpha value is -1.10. The van der Waals surface area contributed by atoms with Gasteiger partial charge in [-0.05, 0) is 60.2 Å². The normalized spacial score (nSPS) is 52.4. The maximum Gasteiger partial charge on any atom is 0.308 e. The third kappa shape index (κ3) is 2.39. The maximum atomic E-state index is 11.9. The summed E-state index contributed by atoms with van der Waals surface area (Å²) in [5, 5.41) is 0.